The first-order valence-electron chi connectivity index (χ1n) is 13.7. The van der Waals surface area contributed by atoms with Crippen LogP contribution >= 0.6 is 0 Å². The molecule has 5 aromatic rings. The van der Waals surface area contributed by atoms with E-state index >= 15 is 0 Å². The molecule has 11 nitrogen and oxygen atoms in total. The van der Waals surface area contributed by atoms with Crippen LogP contribution in [0.2, 0.25) is 0 Å². The highest BCUT2D eigenvalue weighted by Crippen LogP contribution is 2.35. The number of benzene rings is 5. The summed E-state index contributed by atoms with van der Waals surface area (Å²) in [6, 6.07) is 29.1. The first kappa shape index (κ1) is 28.5. The Morgan fingerprint density at radius 2 is 0.667 bits per heavy atom. The lowest BCUT2D eigenvalue weighted by Crippen LogP contribution is -2.29. The van der Waals surface area contributed by atoms with E-state index in [1.807, 2.05) is 0 Å². The molecule has 0 spiro atoms. The Bertz CT molecular complexity index is 1850. The fraction of sp³-hybridized carbons (Fsp3) is 0. The van der Waals surface area contributed by atoms with Crippen LogP contribution in [-0.4, -0.2) is 23.6 Å². The molecule has 0 saturated carbocycles. The minimum Gasteiger partial charge on any atom is -0.457 e. The van der Waals surface area contributed by atoms with Crippen LogP contribution in [0.1, 0.15) is 41.4 Å². The van der Waals surface area contributed by atoms with Crippen molar-refractivity contribution in [2.45, 2.75) is 0 Å². The van der Waals surface area contributed by atoms with E-state index in [1.165, 1.54) is 24.3 Å². The molecule has 0 bridgehead atoms. The number of hydrogen-bond donors (Lipinski definition) is 4. The van der Waals surface area contributed by atoms with Gasteiger partial charge in [-0.15, -0.1) is 0 Å². The topological polar surface area (TPSA) is 188 Å². The number of nitrogen functional groups attached to an aromatic ring is 4. The minimum absolute atomic E-state index is 0.196. The van der Waals surface area contributed by atoms with Gasteiger partial charge < -0.3 is 27.7 Å². The first-order valence-corrected chi connectivity index (χ1v) is 13.7. The molecule has 0 saturated heterocycles. The Balaban J connectivity index is 0.000000390. The maximum absolute atomic E-state index is 13.0. The van der Waals surface area contributed by atoms with E-state index in [4.69, 9.17) is 27.7 Å². The van der Waals surface area contributed by atoms with E-state index in [2.05, 4.69) is 0 Å². The van der Waals surface area contributed by atoms with Gasteiger partial charge in [0.15, 0.2) is 0 Å². The van der Waals surface area contributed by atoms with Gasteiger partial charge in [0, 0.05) is 22.7 Å². The number of hydrogen-bond acceptors (Lipinski definition) is 9. The van der Waals surface area contributed by atoms with Gasteiger partial charge in [-0.05, 0) is 109 Å². The zero-order valence-corrected chi connectivity index (χ0v) is 23.6. The Morgan fingerprint density at radius 3 is 1.00 bits per heavy atom. The molecule has 0 unspecified atom stereocenters. The number of fused-ring (bicyclic) bond motifs is 2. The van der Waals surface area contributed by atoms with Crippen molar-refractivity contribution in [2.75, 3.05) is 32.7 Å². The molecule has 222 valence electrons. The fourth-order valence-electron chi connectivity index (χ4n) is 4.91. The summed E-state index contributed by atoms with van der Waals surface area (Å²) in [6.07, 6.45) is 0. The van der Waals surface area contributed by atoms with Crippen LogP contribution in [0.4, 0.5) is 34.1 Å². The second-order valence-electron chi connectivity index (χ2n) is 10.3. The second kappa shape index (κ2) is 11.2. The standard InChI is InChI=1S/C28H18N4O5.C6H8N2/c29-15-1-5-17(6-2-15)31-25(33)21-11-9-19(13-23(21)27(31)35)37-20-10-12-22-24(14-20)28(36)32(26(22)34)18-7-3-16(30)4-8-18;7-5-1-2-6(8)4-3-5/h1-14H,29-30H2;1-4H,7-8H2. The molecule has 0 aromatic heterocycles. The highest BCUT2D eigenvalue weighted by atomic mass is 16.5. The molecule has 45 heavy (non-hydrogen) atoms. The summed E-state index contributed by atoms with van der Waals surface area (Å²) in [5.41, 5.74) is 26.4. The van der Waals surface area contributed by atoms with E-state index in [1.54, 1.807) is 84.9 Å². The van der Waals surface area contributed by atoms with Crippen LogP contribution in [0.25, 0.3) is 0 Å². The van der Waals surface area contributed by atoms with Crippen molar-refractivity contribution in [2.24, 2.45) is 0 Å². The van der Waals surface area contributed by atoms with Crippen molar-refractivity contribution < 1.29 is 23.9 Å². The van der Waals surface area contributed by atoms with Gasteiger partial charge in [-0.2, -0.15) is 0 Å². The number of imide groups is 2. The Kier molecular flexibility index (Phi) is 7.11. The van der Waals surface area contributed by atoms with E-state index in [0.29, 0.717) is 34.2 Å². The lowest BCUT2D eigenvalue weighted by Gasteiger charge is -2.13. The van der Waals surface area contributed by atoms with Crippen LogP contribution in [0.5, 0.6) is 11.5 Å². The third kappa shape index (κ3) is 5.37. The lowest BCUT2D eigenvalue weighted by atomic mass is 10.1. The molecule has 7 rings (SSSR count). The molecule has 4 amide bonds. The van der Waals surface area contributed by atoms with Gasteiger partial charge in [-0.3, -0.25) is 19.2 Å². The van der Waals surface area contributed by atoms with E-state index in [9.17, 15) is 19.2 Å². The average molecular weight is 599 g/mol. The maximum Gasteiger partial charge on any atom is 0.266 e. The van der Waals surface area contributed by atoms with Crippen molar-refractivity contribution in [3.8, 4) is 11.5 Å². The number of amides is 4. The van der Waals surface area contributed by atoms with Crippen LogP contribution in [0.3, 0.4) is 0 Å². The summed E-state index contributed by atoms with van der Waals surface area (Å²) in [6.45, 7) is 0. The zero-order chi connectivity index (χ0) is 31.8. The Hall–Kier alpha value is -6.62. The smallest absolute Gasteiger partial charge is 0.266 e. The number of nitrogens with zero attached hydrogens (tertiary/aromatic N) is 2. The molecule has 0 radical (unpaired) electrons. The number of rotatable bonds is 4. The van der Waals surface area contributed by atoms with E-state index < -0.39 is 23.6 Å². The predicted molar refractivity (Wildman–Crippen MR) is 172 cm³/mol. The number of anilines is 6. The monoisotopic (exact) mass is 598 g/mol. The second-order valence-corrected chi connectivity index (χ2v) is 10.3. The van der Waals surface area contributed by atoms with Crippen molar-refractivity contribution in [1.29, 1.82) is 0 Å². The van der Waals surface area contributed by atoms with Crippen molar-refractivity contribution >= 4 is 57.8 Å². The quantitative estimate of drug-likeness (QED) is 0.161. The molecular formula is C34H26N6O5. The number of carbonyl (C=O) groups excluding carboxylic acids is 4. The predicted octanol–water partition coefficient (Wildman–Crippen LogP) is 5.10. The number of ether oxygens (including phenoxy) is 1. The molecule has 11 heteroatoms. The lowest BCUT2D eigenvalue weighted by molar-refractivity contribution is 0.0910. The summed E-state index contributed by atoms with van der Waals surface area (Å²) >= 11 is 0. The molecule has 0 aliphatic carbocycles. The fourth-order valence-corrected chi connectivity index (χ4v) is 4.91. The number of nitrogens with two attached hydrogens (primary N) is 4. The van der Waals surface area contributed by atoms with Crippen LogP contribution in [-0.2, 0) is 0 Å². The molecule has 8 N–H and O–H groups in total. The average Bonchev–Trinajstić information content (AvgIpc) is 3.43. The van der Waals surface area contributed by atoms with Gasteiger partial charge in [0.2, 0.25) is 0 Å². The van der Waals surface area contributed by atoms with E-state index in [-0.39, 0.29) is 22.3 Å². The van der Waals surface area contributed by atoms with Gasteiger partial charge in [-0.25, -0.2) is 9.80 Å². The normalized spacial score (nSPS) is 13.3. The van der Waals surface area contributed by atoms with Gasteiger partial charge in [0.1, 0.15) is 11.5 Å². The van der Waals surface area contributed by atoms with Gasteiger partial charge in [0.25, 0.3) is 23.6 Å². The zero-order valence-electron chi connectivity index (χ0n) is 23.6. The molecule has 5 aromatic carbocycles. The summed E-state index contributed by atoms with van der Waals surface area (Å²) in [4.78, 5) is 54.0. The molecule has 2 aliphatic heterocycles. The first-order chi connectivity index (χ1) is 21.6. The van der Waals surface area contributed by atoms with Crippen LogP contribution in [0.15, 0.2) is 109 Å². The SMILES string of the molecule is Nc1ccc(N)cc1.Nc1ccc(N2C(=O)c3ccc(Oc4ccc5c(c4)C(=O)N(c4ccc(N)cc4)C5=O)cc3C2=O)cc1. The van der Waals surface area contributed by atoms with Gasteiger partial charge in [-0.1, -0.05) is 0 Å². The molecule has 0 atom stereocenters. The van der Waals surface area contributed by atoms with Crippen LogP contribution < -0.4 is 37.5 Å². The molecule has 2 aliphatic rings. The van der Waals surface area contributed by atoms with Crippen molar-refractivity contribution in [3.05, 3.63) is 131 Å². The highest BCUT2D eigenvalue weighted by Gasteiger charge is 2.38. The summed E-state index contributed by atoms with van der Waals surface area (Å²) < 4.78 is 5.91. The van der Waals surface area contributed by atoms with E-state index in [0.717, 1.165) is 21.2 Å². The third-order valence-corrected chi connectivity index (χ3v) is 7.19. The van der Waals surface area contributed by atoms with Crippen molar-refractivity contribution in [3.63, 3.8) is 0 Å². The van der Waals surface area contributed by atoms with Crippen LogP contribution in [0, 0.1) is 0 Å². The molecular weight excluding hydrogens is 572 g/mol. The Labute approximate surface area is 257 Å². The van der Waals surface area contributed by atoms with Gasteiger partial charge >= 0.3 is 0 Å². The van der Waals surface area contributed by atoms with Gasteiger partial charge in [0.05, 0.1) is 33.6 Å². The summed E-state index contributed by atoms with van der Waals surface area (Å²) in [7, 11) is 0. The summed E-state index contributed by atoms with van der Waals surface area (Å²) in [5, 5.41) is 0. The highest BCUT2D eigenvalue weighted by molar-refractivity contribution is 6.35. The third-order valence-electron chi connectivity index (χ3n) is 7.19. The molecule has 2 heterocycles. The largest absolute Gasteiger partial charge is 0.457 e. The maximum atomic E-state index is 13.0. The number of carbonyl (C=O) groups is 4. The molecule has 0 fully saturated rings. The van der Waals surface area contributed by atoms with Crippen molar-refractivity contribution in [1.82, 2.24) is 0 Å². The Morgan fingerprint density at radius 1 is 0.378 bits per heavy atom. The summed E-state index contributed by atoms with van der Waals surface area (Å²) in [5.74, 6) is -1.26. The minimum atomic E-state index is -0.482.